The van der Waals surface area contributed by atoms with E-state index in [1.54, 1.807) is 60.7 Å². The Morgan fingerprint density at radius 2 is 1.10 bits per heavy atom. The quantitative estimate of drug-likeness (QED) is 0.532. The van der Waals surface area contributed by atoms with Gasteiger partial charge in [-0.2, -0.15) is 11.1 Å². The Hall–Kier alpha value is -2.14. The first-order valence-electron chi connectivity index (χ1n) is 8.93. The average molecular weight is 463 g/mol. The number of hydrogen-bond acceptors (Lipinski definition) is 2. The summed E-state index contributed by atoms with van der Waals surface area (Å²) in [7, 11) is 0. The van der Waals surface area contributed by atoms with Crippen LogP contribution in [0.1, 0.15) is 55.3 Å². The van der Waals surface area contributed by atoms with Gasteiger partial charge in [-0.3, -0.25) is 6.08 Å². The van der Waals surface area contributed by atoms with Gasteiger partial charge in [0.2, 0.25) is 0 Å². The van der Waals surface area contributed by atoms with Crippen molar-refractivity contribution in [3.63, 3.8) is 0 Å². The molecule has 0 radical (unpaired) electrons. The van der Waals surface area contributed by atoms with E-state index in [-0.39, 0.29) is 39.5 Å². The van der Waals surface area contributed by atoms with Gasteiger partial charge in [-0.25, -0.2) is 15.2 Å². The Labute approximate surface area is 200 Å². The summed E-state index contributed by atoms with van der Waals surface area (Å²) in [5.41, 5.74) is 5.06. The maximum atomic E-state index is 10.2. The molecule has 2 aromatic carbocycles. The molecule has 0 saturated heterocycles. The van der Waals surface area contributed by atoms with Crippen LogP contribution in [0.5, 0.6) is 0 Å². The van der Waals surface area contributed by atoms with Crippen LogP contribution in [0, 0.1) is 11.5 Å². The number of carboxylic acid groups (broad SMARTS) is 2. The molecule has 0 amide bonds. The number of carboxylic acids is 2. The largest absolute Gasteiger partial charge is 2.00 e. The van der Waals surface area contributed by atoms with Gasteiger partial charge in [0.1, 0.15) is 0 Å². The minimum absolute atomic E-state index is 0. The molecule has 2 aromatic rings. The minimum atomic E-state index is -0.879. The van der Waals surface area contributed by atoms with Crippen LogP contribution in [-0.2, 0) is 21.7 Å². The van der Waals surface area contributed by atoms with Gasteiger partial charge in [0, 0.05) is 0 Å². The van der Waals surface area contributed by atoms with Crippen LogP contribution < -0.4 is 12.4 Å². The van der Waals surface area contributed by atoms with Crippen LogP contribution in [0.25, 0.3) is 0 Å². The van der Waals surface area contributed by atoms with E-state index in [9.17, 15) is 9.59 Å². The van der Waals surface area contributed by atoms with Gasteiger partial charge in [-0.15, -0.1) is 6.92 Å². The number of rotatable bonds is 2. The van der Waals surface area contributed by atoms with E-state index in [2.05, 4.69) is 40.7 Å². The molecule has 0 bridgehead atoms. The molecule has 0 fully saturated rings. The zero-order valence-corrected chi connectivity index (χ0v) is 20.2. The van der Waals surface area contributed by atoms with Gasteiger partial charge in [0.25, 0.3) is 0 Å². The topological polar surface area (TPSA) is 74.6 Å². The number of halogens is 1. The number of aromatic carboxylic acids is 2. The third kappa shape index (κ3) is 9.58. The van der Waals surface area contributed by atoms with Gasteiger partial charge in [-0.1, -0.05) is 69.5 Å². The predicted octanol–water partition coefficient (Wildman–Crippen LogP) is 2.88. The zero-order chi connectivity index (χ0) is 21.3. The Morgan fingerprint density at radius 1 is 0.767 bits per heavy atom. The summed E-state index contributed by atoms with van der Waals surface area (Å²) in [5, 5.41) is 16.8. The second kappa shape index (κ2) is 14.0. The van der Waals surface area contributed by atoms with Crippen molar-refractivity contribution in [2.45, 2.75) is 34.6 Å². The fourth-order valence-corrected chi connectivity index (χ4v) is 2.57. The zero-order valence-electron chi connectivity index (χ0n) is 17.9. The number of carbonyl (C=O) groups is 2. The van der Waals surface area contributed by atoms with Gasteiger partial charge in [-0.05, 0) is 24.3 Å². The van der Waals surface area contributed by atoms with Gasteiger partial charge in [0.05, 0.1) is 11.1 Å². The van der Waals surface area contributed by atoms with Crippen molar-refractivity contribution in [2.24, 2.45) is 5.41 Å². The Morgan fingerprint density at radius 3 is 1.23 bits per heavy atom. The summed E-state index contributed by atoms with van der Waals surface area (Å²) >= 11 is 0. The van der Waals surface area contributed by atoms with Crippen molar-refractivity contribution in [2.75, 3.05) is 0 Å². The second-order valence-corrected chi connectivity index (χ2v) is 6.97. The summed E-state index contributed by atoms with van der Waals surface area (Å²) in [5.74, 6) is -1.76. The SMILES string of the molecule is CC1=[C-]C(C)(C)C(C)=C1C.O=C(O)c1ccccc1.O=C(O)c1ccccc1.[Cl-].[Ti+2]. The fourth-order valence-electron chi connectivity index (χ4n) is 2.57. The summed E-state index contributed by atoms with van der Waals surface area (Å²) in [6.45, 7) is 10.9. The Kier molecular flexibility index (Phi) is 14.0. The molecular weight excluding hydrogens is 436 g/mol. The van der Waals surface area contributed by atoms with Crippen LogP contribution in [0.15, 0.2) is 77.4 Å². The maximum absolute atomic E-state index is 10.2. The number of allylic oxidation sites excluding steroid dienone is 4. The Bertz CT molecular complexity index is 823. The van der Waals surface area contributed by atoms with Crippen LogP contribution in [0.3, 0.4) is 0 Å². The number of benzene rings is 2. The standard InChI is InChI=1S/C10H15.2C7H6O2.ClH.Ti/c1-7-6-10(4,5)9(3)8(7)2;2*8-7(9)6-4-2-1-3-5-6;;/h1-5H3;2*1-5H,(H,8,9);1H;/q-1;;;;+2/p-1. The molecule has 0 spiro atoms. The van der Waals surface area contributed by atoms with E-state index in [1.165, 1.54) is 16.7 Å². The van der Waals surface area contributed by atoms with Crippen LogP contribution >= 0.6 is 0 Å². The van der Waals surface area contributed by atoms with E-state index in [1.807, 2.05) is 0 Å². The predicted molar refractivity (Wildman–Crippen MR) is 111 cm³/mol. The average Bonchev–Trinajstić information content (AvgIpc) is 2.85. The maximum Gasteiger partial charge on any atom is 2.00 e. The van der Waals surface area contributed by atoms with Crippen LogP contribution in [-0.4, -0.2) is 22.2 Å². The molecule has 0 atom stereocenters. The molecule has 0 saturated carbocycles. The van der Waals surface area contributed by atoms with Crippen molar-refractivity contribution >= 4 is 11.9 Å². The van der Waals surface area contributed by atoms with Crippen molar-refractivity contribution < 1.29 is 53.9 Å². The molecule has 0 aromatic heterocycles. The van der Waals surface area contributed by atoms with Crippen molar-refractivity contribution in [1.82, 2.24) is 0 Å². The normalized spacial score (nSPS) is 13.2. The van der Waals surface area contributed by atoms with E-state index in [0.717, 1.165) is 0 Å². The summed E-state index contributed by atoms with van der Waals surface area (Å²) in [6.07, 6.45) is 3.44. The van der Waals surface area contributed by atoms with E-state index < -0.39 is 11.9 Å². The summed E-state index contributed by atoms with van der Waals surface area (Å²) in [6, 6.07) is 16.6. The molecular formula is C24H27ClO4Ti. The summed E-state index contributed by atoms with van der Waals surface area (Å²) < 4.78 is 0. The first-order valence-corrected chi connectivity index (χ1v) is 8.93. The molecule has 1 aliphatic rings. The van der Waals surface area contributed by atoms with E-state index >= 15 is 0 Å². The molecule has 30 heavy (non-hydrogen) atoms. The molecule has 0 unspecified atom stereocenters. The van der Waals surface area contributed by atoms with Crippen LogP contribution in [0.2, 0.25) is 0 Å². The monoisotopic (exact) mass is 462 g/mol. The molecule has 4 nitrogen and oxygen atoms in total. The van der Waals surface area contributed by atoms with Gasteiger partial charge < -0.3 is 22.6 Å². The minimum Gasteiger partial charge on any atom is -1.00 e. The molecule has 0 heterocycles. The molecule has 1 aliphatic carbocycles. The number of hydrogen-bond donors (Lipinski definition) is 2. The second-order valence-electron chi connectivity index (χ2n) is 6.97. The van der Waals surface area contributed by atoms with Crippen molar-refractivity contribution in [3.8, 4) is 0 Å². The smallest absolute Gasteiger partial charge is 1.00 e. The first-order chi connectivity index (χ1) is 13.1. The van der Waals surface area contributed by atoms with E-state index in [4.69, 9.17) is 10.2 Å². The van der Waals surface area contributed by atoms with Gasteiger partial charge >= 0.3 is 33.7 Å². The molecule has 6 heteroatoms. The van der Waals surface area contributed by atoms with Crippen molar-refractivity contribution in [1.29, 1.82) is 0 Å². The molecule has 2 N–H and O–H groups in total. The van der Waals surface area contributed by atoms with Crippen LogP contribution in [0.4, 0.5) is 0 Å². The third-order valence-electron chi connectivity index (χ3n) is 4.60. The third-order valence-corrected chi connectivity index (χ3v) is 4.60. The van der Waals surface area contributed by atoms with Gasteiger partial charge in [0.15, 0.2) is 0 Å². The fraction of sp³-hybridized carbons (Fsp3) is 0.250. The van der Waals surface area contributed by atoms with Crippen molar-refractivity contribution in [3.05, 3.63) is 94.6 Å². The Balaban J connectivity index is 0. The van der Waals surface area contributed by atoms with E-state index in [0.29, 0.717) is 11.1 Å². The first kappa shape index (κ1) is 30.1. The summed E-state index contributed by atoms with van der Waals surface area (Å²) in [4.78, 5) is 20.4. The molecule has 158 valence electrons. The molecule has 3 rings (SSSR count). The molecule has 0 aliphatic heterocycles.